The number of hydrogen-bond acceptors (Lipinski definition) is 5. The van der Waals surface area contributed by atoms with Crippen molar-refractivity contribution in [2.45, 2.75) is 0 Å². The van der Waals surface area contributed by atoms with Gasteiger partial charge in [0.25, 0.3) is 11.8 Å². The Hall–Kier alpha value is -2.83. The Morgan fingerprint density at radius 2 is 1.55 bits per heavy atom. The third kappa shape index (κ3) is 2.52. The van der Waals surface area contributed by atoms with E-state index in [0.717, 1.165) is 9.80 Å². The van der Waals surface area contributed by atoms with Gasteiger partial charge in [0.05, 0.1) is 14.2 Å². The largest absolute Gasteiger partial charge is 0.497 e. The minimum absolute atomic E-state index is 0.115. The van der Waals surface area contributed by atoms with E-state index in [1.807, 2.05) is 0 Å². The van der Waals surface area contributed by atoms with Crippen molar-refractivity contribution in [1.29, 1.82) is 0 Å². The highest BCUT2D eigenvalue weighted by molar-refractivity contribution is 6.30. The van der Waals surface area contributed by atoms with Crippen LogP contribution < -0.4 is 9.47 Å². The molecule has 1 fully saturated rings. The number of carbonyl (C=O) groups excluding carboxylic acids is 3. The van der Waals surface area contributed by atoms with Crippen molar-refractivity contribution in [3.63, 3.8) is 0 Å². The minimum Gasteiger partial charge on any atom is -0.497 e. The Balaban J connectivity index is 2.54. The van der Waals surface area contributed by atoms with Crippen LogP contribution in [0.3, 0.4) is 0 Å². The van der Waals surface area contributed by atoms with Crippen molar-refractivity contribution in [3.05, 3.63) is 29.3 Å². The first-order valence-corrected chi connectivity index (χ1v) is 6.44. The normalized spacial score (nSPS) is 15.3. The van der Waals surface area contributed by atoms with Gasteiger partial charge in [0, 0.05) is 19.7 Å². The molecular formula is C15H16N2O5. The first-order valence-electron chi connectivity index (χ1n) is 6.44. The Kier molecular flexibility index (Phi) is 4.16. The molecule has 1 heterocycles. The summed E-state index contributed by atoms with van der Waals surface area (Å²) in [6.45, 7) is 0. The molecule has 1 saturated heterocycles. The lowest BCUT2D eigenvalue weighted by molar-refractivity contribution is -0.134. The average molecular weight is 304 g/mol. The number of nitrogens with zero attached hydrogens (tertiary/aromatic N) is 2. The molecule has 1 aromatic rings. The van der Waals surface area contributed by atoms with Gasteiger partial charge in [0.1, 0.15) is 17.1 Å². The maximum Gasteiger partial charge on any atom is 0.333 e. The average Bonchev–Trinajstić information content (AvgIpc) is 2.54. The third-order valence-corrected chi connectivity index (χ3v) is 3.38. The zero-order valence-corrected chi connectivity index (χ0v) is 12.7. The molecule has 4 amide bonds. The molecule has 0 aliphatic carbocycles. The molecule has 1 aromatic carbocycles. The Morgan fingerprint density at radius 1 is 0.955 bits per heavy atom. The molecule has 1 aliphatic heterocycles. The molecule has 0 atom stereocenters. The number of ether oxygens (including phenoxy) is 2. The lowest BCUT2D eigenvalue weighted by Crippen LogP contribution is -2.52. The third-order valence-electron chi connectivity index (χ3n) is 3.38. The number of barbiturate groups is 1. The molecule has 7 nitrogen and oxygen atoms in total. The van der Waals surface area contributed by atoms with Crippen LogP contribution in [0.15, 0.2) is 23.8 Å². The van der Waals surface area contributed by atoms with E-state index >= 15 is 0 Å². The molecule has 0 N–H and O–H groups in total. The van der Waals surface area contributed by atoms with Crippen molar-refractivity contribution in [2.24, 2.45) is 0 Å². The fourth-order valence-corrected chi connectivity index (χ4v) is 2.08. The van der Waals surface area contributed by atoms with Gasteiger partial charge in [-0.2, -0.15) is 0 Å². The van der Waals surface area contributed by atoms with Crippen molar-refractivity contribution >= 4 is 23.9 Å². The van der Waals surface area contributed by atoms with E-state index in [4.69, 9.17) is 9.47 Å². The summed E-state index contributed by atoms with van der Waals surface area (Å²) in [5, 5.41) is 0. The molecule has 0 radical (unpaired) electrons. The van der Waals surface area contributed by atoms with Gasteiger partial charge in [-0.1, -0.05) is 0 Å². The van der Waals surface area contributed by atoms with Crippen LogP contribution in [0.5, 0.6) is 11.5 Å². The summed E-state index contributed by atoms with van der Waals surface area (Å²) in [4.78, 5) is 37.8. The number of amides is 4. The van der Waals surface area contributed by atoms with Crippen LogP contribution in [0.2, 0.25) is 0 Å². The van der Waals surface area contributed by atoms with E-state index in [0.29, 0.717) is 17.1 Å². The first kappa shape index (κ1) is 15.6. The quantitative estimate of drug-likeness (QED) is 0.618. The summed E-state index contributed by atoms with van der Waals surface area (Å²) < 4.78 is 10.3. The second-order valence-electron chi connectivity index (χ2n) is 4.68. The van der Waals surface area contributed by atoms with Crippen LogP contribution in [0.4, 0.5) is 4.79 Å². The van der Waals surface area contributed by atoms with Crippen LogP contribution in [0.25, 0.3) is 6.08 Å². The number of benzene rings is 1. The van der Waals surface area contributed by atoms with E-state index in [1.54, 1.807) is 18.2 Å². The minimum atomic E-state index is -0.662. The number of methoxy groups -OCH3 is 2. The molecule has 0 bridgehead atoms. The SMILES string of the molecule is COc1ccc(OC)c(C=C2C(=O)N(C)C(=O)N(C)C2=O)c1. The molecule has 2 rings (SSSR count). The summed E-state index contributed by atoms with van der Waals surface area (Å²) in [5.74, 6) is -0.270. The molecule has 1 aliphatic rings. The second-order valence-corrected chi connectivity index (χ2v) is 4.68. The Morgan fingerprint density at radius 3 is 2.05 bits per heavy atom. The molecule has 0 unspecified atom stereocenters. The summed E-state index contributed by atoms with van der Waals surface area (Å²) in [5.41, 5.74) is 0.394. The molecular weight excluding hydrogens is 288 g/mol. The van der Waals surface area contributed by atoms with Crippen molar-refractivity contribution in [3.8, 4) is 11.5 Å². The highest BCUT2D eigenvalue weighted by Crippen LogP contribution is 2.27. The van der Waals surface area contributed by atoms with Crippen LogP contribution >= 0.6 is 0 Å². The van der Waals surface area contributed by atoms with E-state index in [2.05, 4.69) is 0 Å². The van der Waals surface area contributed by atoms with Gasteiger partial charge in [-0.25, -0.2) is 4.79 Å². The maximum atomic E-state index is 12.2. The van der Waals surface area contributed by atoms with Crippen molar-refractivity contribution in [2.75, 3.05) is 28.3 Å². The van der Waals surface area contributed by atoms with Gasteiger partial charge in [-0.3, -0.25) is 19.4 Å². The Labute approximate surface area is 127 Å². The van der Waals surface area contributed by atoms with E-state index in [1.165, 1.54) is 34.4 Å². The second kappa shape index (κ2) is 5.88. The highest BCUT2D eigenvalue weighted by Gasteiger charge is 2.37. The van der Waals surface area contributed by atoms with Gasteiger partial charge >= 0.3 is 6.03 Å². The monoisotopic (exact) mass is 304 g/mol. The first-order chi connectivity index (χ1) is 10.4. The number of urea groups is 1. The van der Waals surface area contributed by atoms with Gasteiger partial charge in [0.15, 0.2) is 0 Å². The topological polar surface area (TPSA) is 76.2 Å². The number of carbonyl (C=O) groups is 3. The van der Waals surface area contributed by atoms with Crippen LogP contribution in [-0.2, 0) is 9.59 Å². The van der Waals surface area contributed by atoms with Gasteiger partial charge < -0.3 is 9.47 Å². The van der Waals surface area contributed by atoms with Crippen molar-refractivity contribution in [1.82, 2.24) is 9.80 Å². The van der Waals surface area contributed by atoms with E-state index in [-0.39, 0.29) is 5.57 Å². The highest BCUT2D eigenvalue weighted by atomic mass is 16.5. The zero-order chi connectivity index (χ0) is 16.4. The maximum absolute atomic E-state index is 12.2. The van der Waals surface area contributed by atoms with Gasteiger partial charge in [0.2, 0.25) is 0 Å². The summed E-state index contributed by atoms with van der Waals surface area (Å²) in [6.07, 6.45) is 1.39. The summed E-state index contributed by atoms with van der Waals surface area (Å²) >= 11 is 0. The predicted molar refractivity (Wildman–Crippen MR) is 78.5 cm³/mol. The number of hydrogen-bond donors (Lipinski definition) is 0. The lowest BCUT2D eigenvalue weighted by atomic mass is 10.1. The fourth-order valence-electron chi connectivity index (χ4n) is 2.08. The number of imide groups is 2. The van der Waals surface area contributed by atoms with Gasteiger partial charge in [-0.15, -0.1) is 0 Å². The molecule has 116 valence electrons. The molecule has 0 saturated carbocycles. The Bertz CT molecular complexity index is 655. The molecule has 0 aromatic heterocycles. The predicted octanol–water partition coefficient (Wildman–Crippen LogP) is 1.14. The van der Waals surface area contributed by atoms with Crippen LogP contribution in [0.1, 0.15) is 5.56 Å². The number of rotatable bonds is 3. The van der Waals surface area contributed by atoms with E-state index < -0.39 is 17.8 Å². The molecule has 22 heavy (non-hydrogen) atoms. The van der Waals surface area contributed by atoms with Crippen LogP contribution in [0, 0.1) is 0 Å². The standard InChI is InChI=1S/C15H16N2O5/c1-16-13(18)11(14(19)17(2)15(16)20)8-9-7-10(21-3)5-6-12(9)22-4/h5-8H,1-4H3. The van der Waals surface area contributed by atoms with E-state index in [9.17, 15) is 14.4 Å². The summed E-state index contributed by atoms with van der Waals surface area (Å²) in [6, 6.07) is 4.35. The van der Waals surface area contributed by atoms with Gasteiger partial charge in [-0.05, 0) is 24.3 Å². The lowest BCUT2D eigenvalue weighted by Gasteiger charge is -2.28. The van der Waals surface area contributed by atoms with Crippen molar-refractivity contribution < 1.29 is 23.9 Å². The zero-order valence-electron chi connectivity index (χ0n) is 12.7. The fraction of sp³-hybridized carbons (Fsp3) is 0.267. The smallest absolute Gasteiger partial charge is 0.333 e. The van der Waals surface area contributed by atoms with Crippen LogP contribution in [-0.4, -0.2) is 56.0 Å². The summed E-state index contributed by atoms with van der Waals surface area (Å²) in [7, 11) is 5.64. The molecule has 0 spiro atoms. The molecule has 7 heteroatoms. The number of likely N-dealkylation sites (N-methyl/N-ethyl adjacent to an activating group) is 2.